The Kier molecular flexibility index (Phi) is 5.51. The molecule has 0 saturated carbocycles. The van der Waals surface area contributed by atoms with Crippen LogP contribution in [-0.4, -0.2) is 18.3 Å². The lowest BCUT2D eigenvalue weighted by Gasteiger charge is -2.09. The first kappa shape index (κ1) is 20.7. The third kappa shape index (κ3) is 4.61. The van der Waals surface area contributed by atoms with E-state index in [2.05, 4.69) is 10.3 Å². The van der Waals surface area contributed by atoms with Gasteiger partial charge in [-0.1, -0.05) is 42.5 Å². The third-order valence-corrected chi connectivity index (χ3v) is 6.28. The second-order valence-electron chi connectivity index (χ2n) is 6.59. The molecular formula is C21H16N4O4S2. The van der Waals surface area contributed by atoms with Gasteiger partial charge in [0.15, 0.2) is 0 Å². The van der Waals surface area contributed by atoms with Gasteiger partial charge in [0.2, 0.25) is 10.0 Å². The van der Waals surface area contributed by atoms with Gasteiger partial charge in [0.25, 0.3) is 5.69 Å². The number of rotatable bonds is 6. The van der Waals surface area contributed by atoms with Crippen molar-refractivity contribution in [2.45, 2.75) is 4.90 Å². The summed E-state index contributed by atoms with van der Waals surface area (Å²) in [5, 5.41) is 22.3. The van der Waals surface area contributed by atoms with Crippen LogP contribution in [0.2, 0.25) is 0 Å². The zero-order chi connectivity index (χ0) is 22.0. The maximum Gasteiger partial charge on any atom is 0.294 e. The molecule has 0 bridgehead atoms. The SMILES string of the molecule is NS(=O)(=O)c1ccc(Nc2ccc(-c3csc(-c4ccccc4)n3)cc2)c([N+](=O)[O-])c1. The fraction of sp³-hybridized carbons (Fsp3) is 0. The highest BCUT2D eigenvalue weighted by Crippen LogP contribution is 2.32. The van der Waals surface area contributed by atoms with Gasteiger partial charge < -0.3 is 5.32 Å². The van der Waals surface area contributed by atoms with Gasteiger partial charge in [0, 0.05) is 28.3 Å². The Balaban J connectivity index is 1.57. The van der Waals surface area contributed by atoms with Gasteiger partial charge in [0.05, 0.1) is 15.5 Å². The van der Waals surface area contributed by atoms with Gasteiger partial charge in [0.1, 0.15) is 10.7 Å². The molecule has 0 radical (unpaired) electrons. The second-order valence-corrected chi connectivity index (χ2v) is 9.01. The van der Waals surface area contributed by atoms with Crippen molar-refractivity contribution in [1.82, 2.24) is 4.98 Å². The summed E-state index contributed by atoms with van der Waals surface area (Å²) in [5.74, 6) is 0. The number of primary sulfonamides is 1. The van der Waals surface area contributed by atoms with Crippen LogP contribution in [0.1, 0.15) is 0 Å². The standard InChI is InChI=1S/C21H16N4O4S2/c22-31(28,29)17-10-11-18(20(12-17)25(26)27)23-16-8-6-14(7-9-16)19-13-30-21(24-19)15-4-2-1-3-5-15/h1-13,23H,(H2,22,28,29). The molecule has 1 aromatic heterocycles. The molecule has 156 valence electrons. The number of aromatic nitrogens is 1. The molecular weight excluding hydrogens is 436 g/mol. The van der Waals surface area contributed by atoms with Gasteiger partial charge in [-0.2, -0.15) is 0 Å². The molecule has 0 unspecified atom stereocenters. The average molecular weight is 453 g/mol. The summed E-state index contributed by atoms with van der Waals surface area (Å²) in [7, 11) is -4.04. The summed E-state index contributed by atoms with van der Waals surface area (Å²) in [4.78, 5) is 15.1. The largest absolute Gasteiger partial charge is 0.350 e. The van der Waals surface area contributed by atoms with Crippen LogP contribution >= 0.6 is 11.3 Å². The average Bonchev–Trinajstić information content (AvgIpc) is 3.24. The van der Waals surface area contributed by atoms with Crippen molar-refractivity contribution < 1.29 is 13.3 Å². The molecule has 31 heavy (non-hydrogen) atoms. The minimum atomic E-state index is -4.04. The van der Waals surface area contributed by atoms with Crippen LogP contribution in [0.4, 0.5) is 17.1 Å². The molecule has 0 saturated heterocycles. The molecule has 3 aromatic carbocycles. The molecule has 8 nitrogen and oxygen atoms in total. The first-order chi connectivity index (χ1) is 14.8. The molecule has 0 fully saturated rings. The van der Waals surface area contributed by atoms with Gasteiger partial charge in [-0.15, -0.1) is 11.3 Å². The minimum Gasteiger partial charge on any atom is -0.350 e. The first-order valence-corrected chi connectivity index (χ1v) is 11.4. The van der Waals surface area contributed by atoms with Crippen molar-refractivity contribution in [2.24, 2.45) is 5.14 Å². The van der Waals surface area contributed by atoms with Crippen LogP contribution in [0.5, 0.6) is 0 Å². The molecule has 3 N–H and O–H groups in total. The zero-order valence-corrected chi connectivity index (χ0v) is 17.6. The highest BCUT2D eigenvalue weighted by atomic mass is 32.2. The zero-order valence-electron chi connectivity index (χ0n) is 15.9. The second kappa shape index (κ2) is 8.26. The number of benzene rings is 3. The van der Waals surface area contributed by atoms with Gasteiger partial charge >= 0.3 is 0 Å². The maximum absolute atomic E-state index is 11.5. The van der Waals surface area contributed by atoms with E-state index in [4.69, 9.17) is 5.14 Å². The Morgan fingerprint density at radius 1 is 0.968 bits per heavy atom. The van der Waals surface area contributed by atoms with E-state index in [1.165, 1.54) is 12.1 Å². The van der Waals surface area contributed by atoms with Crippen LogP contribution < -0.4 is 10.5 Å². The number of nitrogens with two attached hydrogens (primary N) is 1. The molecule has 10 heteroatoms. The van der Waals surface area contributed by atoms with Gasteiger partial charge in [-0.25, -0.2) is 18.5 Å². The summed E-state index contributed by atoms with van der Waals surface area (Å²) in [6, 6.07) is 20.6. The van der Waals surface area contributed by atoms with E-state index in [-0.39, 0.29) is 16.3 Å². The number of anilines is 2. The monoisotopic (exact) mass is 452 g/mol. The number of nitrogens with zero attached hydrogens (tertiary/aromatic N) is 2. The summed E-state index contributed by atoms with van der Waals surface area (Å²) in [6.07, 6.45) is 0. The molecule has 0 aliphatic carbocycles. The number of nitro benzene ring substituents is 1. The molecule has 0 aliphatic rings. The predicted molar refractivity (Wildman–Crippen MR) is 121 cm³/mol. The van der Waals surface area contributed by atoms with Crippen molar-refractivity contribution in [3.8, 4) is 21.8 Å². The lowest BCUT2D eigenvalue weighted by atomic mass is 10.1. The molecule has 4 rings (SSSR count). The van der Waals surface area contributed by atoms with Crippen molar-refractivity contribution in [2.75, 3.05) is 5.32 Å². The first-order valence-electron chi connectivity index (χ1n) is 9.01. The van der Waals surface area contributed by atoms with E-state index < -0.39 is 14.9 Å². The Hall–Kier alpha value is -3.60. The third-order valence-electron chi connectivity index (χ3n) is 4.48. The number of nitro groups is 1. The minimum absolute atomic E-state index is 0.158. The van der Waals surface area contributed by atoms with E-state index in [9.17, 15) is 18.5 Å². The Labute approximate surface area is 182 Å². The van der Waals surface area contributed by atoms with Crippen LogP contribution in [-0.2, 0) is 10.0 Å². The Morgan fingerprint density at radius 3 is 2.32 bits per heavy atom. The molecule has 0 spiro atoms. The summed E-state index contributed by atoms with van der Waals surface area (Å²) in [6.45, 7) is 0. The summed E-state index contributed by atoms with van der Waals surface area (Å²) >= 11 is 1.55. The molecule has 1 heterocycles. The Bertz CT molecular complexity index is 1350. The summed E-state index contributed by atoms with van der Waals surface area (Å²) < 4.78 is 22.9. The van der Waals surface area contributed by atoms with Crippen molar-refractivity contribution in [3.05, 3.63) is 88.3 Å². The number of nitrogens with one attached hydrogen (secondary N) is 1. The maximum atomic E-state index is 11.5. The van der Waals surface area contributed by atoms with Gasteiger partial charge in [-0.05, 0) is 24.3 Å². The predicted octanol–water partition coefficient (Wildman–Crippen LogP) is 4.78. The van der Waals surface area contributed by atoms with Crippen LogP contribution in [0, 0.1) is 10.1 Å². The lowest BCUT2D eigenvalue weighted by Crippen LogP contribution is -2.12. The van der Waals surface area contributed by atoms with E-state index in [0.717, 1.165) is 27.9 Å². The van der Waals surface area contributed by atoms with Crippen LogP contribution in [0.25, 0.3) is 21.8 Å². The number of hydrogen-bond donors (Lipinski definition) is 2. The van der Waals surface area contributed by atoms with E-state index >= 15 is 0 Å². The quantitative estimate of drug-likeness (QED) is 0.320. The van der Waals surface area contributed by atoms with Crippen molar-refractivity contribution in [3.63, 3.8) is 0 Å². The van der Waals surface area contributed by atoms with Crippen molar-refractivity contribution in [1.29, 1.82) is 0 Å². The Morgan fingerprint density at radius 2 is 1.68 bits per heavy atom. The van der Waals surface area contributed by atoms with Crippen molar-refractivity contribution >= 4 is 38.4 Å². The van der Waals surface area contributed by atoms with Gasteiger partial charge in [-0.3, -0.25) is 10.1 Å². The smallest absolute Gasteiger partial charge is 0.294 e. The lowest BCUT2D eigenvalue weighted by molar-refractivity contribution is -0.384. The number of hydrogen-bond acceptors (Lipinski definition) is 7. The molecule has 0 amide bonds. The van der Waals surface area contributed by atoms with E-state index in [1.807, 2.05) is 47.8 Å². The normalized spacial score (nSPS) is 11.3. The van der Waals surface area contributed by atoms with Crippen LogP contribution in [0.3, 0.4) is 0 Å². The molecule has 0 atom stereocenters. The topological polar surface area (TPSA) is 128 Å². The molecule has 4 aromatic rings. The highest BCUT2D eigenvalue weighted by Gasteiger charge is 2.19. The van der Waals surface area contributed by atoms with E-state index in [0.29, 0.717) is 5.69 Å². The fourth-order valence-corrected chi connectivity index (χ4v) is 4.31. The van der Waals surface area contributed by atoms with E-state index in [1.54, 1.807) is 23.5 Å². The summed E-state index contributed by atoms with van der Waals surface area (Å²) in [5.41, 5.74) is 3.16. The number of sulfonamides is 1. The van der Waals surface area contributed by atoms with Crippen LogP contribution in [0.15, 0.2) is 83.1 Å². The molecule has 0 aliphatic heterocycles. The number of thiazole rings is 1. The fourth-order valence-electron chi connectivity index (χ4n) is 2.94. The highest BCUT2D eigenvalue weighted by molar-refractivity contribution is 7.89.